The molecule has 56 heavy (non-hydrogen) atoms. The van der Waals surface area contributed by atoms with Crippen LogP contribution < -0.4 is 16.0 Å². The SMILES string of the molecule is COC(=O)[C@H](Cc1ccc(C#N)cc1)Nc1nc(NCc2nc3cc(Cl)ccc3[nH]2)nc(Nc2cccc(CN3CCN(C(=O)c4nccnc4O)CC3)c2)n1. The van der Waals surface area contributed by atoms with Crippen LogP contribution in [0.2, 0.25) is 5.02 Å². The zero-order valence-electron chi connectivity index (χ0n) is 30.1. The first-order valence-electron chi connectivity index (χ1n) is 17.6. The monoisotopic (exact) mass is 773 g/mol. The summed E-state index contributed by atoms with van der Waals surface area (Å²) in [6.45, 7) is 3.08. The Bertz CT molecular complexity index is 2390. The van der Waals surface area contributed by atoms with E-state index in [9.17, 15) is 20.0 Å². The minimum atomic E-state index is -0.860. The van der Waals surface area contributed by atoms with Gasteiger partial charge in [-0.2, -0.15) is 20.2 Å². The smallest absolute Gasteiger partial charge is 0.328 e. The van der Waals surface area contributed by atoms with Gasteiger partial charge in [-0.25, -0.2) is 19.7 Å². The van der Waals surface area contributed by atoms with Gasteiger partial charge < -0.3 is 35.7 Å². The maximum absolute atomic E-state index is 13.0. The number of rotatable bonds is 13. The third-order valence-corrected chi connectivity index (χ3v) is 9.22. The Morgan fingerprint density at radius 2 is 1.71 bits per heavy atom. The number of esters is 1. The summed E-state index contributed by atoms with van der Waals surface area (Å²) in [4.78, 5) is 59.2. The molecule has 0 spiro atoms. The topological polar surface area (TPSA) is 223 Å². The van der Waals surface area contributed by atoms with Gasteiger partial charge in [0, 0.05) is 62.2 Å². The molecule has 5 N–H and O–H groups in total. The summed E-state index contributed by atoms with van der Waals surface area (Å²) in [6, 6.07) is 21.4. The number of aromatic nitrogens is 7. The largest absolute Gasteiger partial charge is 0.492 e. The molecule has 1 aliphatic rings. The number of anilines is 4. The van der Waals surface area contributed by atoms with E-state index in [1.54, 1.807) is 41.3 Å². The van der Waals surface area contributed by atoms with Crippen LogP contribution in [0.3, 0.4) is 0 Å². The van der Waals surface area contributed by atoms with E-state index in [2.05, 4.69) is 61.8 Å². The number of hydrogen-bond acceptors (Lipinski definition) is 15. The Morgan fingerprint density at radius 1 is 0.946 bits per heavy atom. The summed E-state index contributed by atoms with van der Waals surface area (Å²) in [5.41, 5.74) is 4.54. The van der Waals surface area contributed by atoms with Crippen molar-refractivity contribution in [1.82, 2.24) is 44.7 Å². The van der Waals surface area contributed by atoms with Crippen LogP contribution in [0.25, 0.3) is 11.0 Å². The molecule has 1 fully saturated rings. The van der Waals surface area contributed by atoms with Crippen molar-refractivity contribution in [3.8, 4) is 11.9 Å². The fraction of sp³-hybridized carbons (Fsp3) is 0.237. The number of nitrogens with zero attached hydrogens (tertiary/aromatic N) is 9. The van der Waals surface area contributed by atoms with Crippen LogP contribution in [0, 0.1) is 11.3 Å². The number of carbonyl (C=O) groups excluding carboxylic acids is 2. The average molecular weight is 774 g/mol. The second-order valence-electron chi connectivity index (χ2n) is 12.9. The van der Waals surface area contributed by atoms with Gasteiger partial charge in [-0.15, -0.1) is 0 Å². The quantitative estimate of drug-likeness (QED) is 0.103. The summed E-state index contributed by atoms with van der Waals surface area (Å²) in [6.07, 6.45) is 2.96. The van der Waals surface area contributed by atoms with Crippen LogP contribution in [-0.4, -0.2) is 101 Å². The number of imidazole rings is 1. The zero-order chi connectivity index (χ0) is 39.0. The third-order valence-electron chi connectivity index (χ3n) is 8.99. The second-order valence-corrected chi connectivity index (χ2v) is 13.3. The van der Waals surface area contributed by atoms with Gasteiger partial charge in [-0.3, -0.25) is 9.69 Å². The van der Waals surface area contributed by atoms with Crippen molar-refractivity contribution in [2.75, 3.05) is 49.2 Å². The molecule has 17 nitrogen and oxygen atoms in total. The van der Waals surface area contributed by atoms with Crippen molar-refractivity contribution in [2.24, 2.45) is 0 Å². The zero-order valence-corrected chi connectivity index (χ0v) is 30.9. The number of fused-ring (bicyclic) bond motifs is 1. The summed E-state index contributed by atoms with van der Waals surface area (Å²) in [5, 5.41) is 29.3. The molecular weight excluding hydrogens is 738 g/mol. The van der Waals surface area contributed by atoms with Crippen LogP contribution in [0.15, 0.2) is 79.1 Å². The molecule has 0 bridgehead atoms. The predicted octanol–water partition coefficient (Wildman–Crippen LogP) is 4.28. The molecule has 6 aromatic rings. The number of benzene rings is 3. The van der Waals surface area contributed by atoms with Crippen LogP contribution in [-0.2, 0) is 29.0 Å². The number of carbonyl (C=O) groups is 2. The number of H-pyrrole nitrogens is 1. The lowest BCUT2D eigenvalue weighted by Gasteiger charge is -2.34. The maximum atomic E-state index is 13.0. The van der Waals surface area contributed by atoms with E-state index < -0.39 is 12.0 Å². The van der Waals surface area contributed by atoms with Gasteiger partial charge >= 0.3 is 5.97 Å². The highest BCUT2D eigenvalue weighted by atomic mass is 35.5. The van der Waals surface area contributed by atoms with Crippen molar-refractivity contribution in [3.05, 3.63) is 112 Å². The van der Waals surface area contributed by atoms with Gasteiger partial charge in [0.15, 0.2) is 5.69 Å². The van der Waals surface area contributed by atoms with E-state index in [4.69, 9.17) is 16.3 Å². The fourth-order valence-corrected chi connectivity index (χ4v) is 6.34. The number of aromatic hydroxyl groups is 1. The number of aromatic amines is 1. The first-order chi connectivity index (χ1) is 27.2. The summed E-state index contributed by atoms with van der Waals surface area (Å²) < 4.78 is 5.10. The Labute approximate surface area is 325 Å². The number of nitriles is 1. The van der Waals surface area contributed by atoms with Gasteiger partial charge in [0.25, 0.3) is 5.91 Å². The van der Waals surface area contributed by atoms with Crippen molar-refractivity contribution >= 4 is 58.0 Å². The first kappa shape index (κ1) is 37.4. The summed E-state index contributed by atoms with van der Waals surface area (Å²) in [5.74, 6) is -0.0884. The normalized spacial score (nSPS) is 13.5. The van der Waals surface area contributed by atoms with Gasteiger partial charge in [-0.1, -0.05) is 35.9 Å². The predicted molar refractivity (Wildman–Crippen MR) is 207 cm³/mol. The number of piperazine rings is 1. The molecule has 18 heteroatoms. The molecule has 0 radical (unpaired) electrons. The average Bonchev–Trinajstić information content (AvgIpc) is 3.62. The molecule has 0 saturated carbocycles. The van der Waals surface area contributed by atoms with Crippen molar-refractivity contribution in [2.45, 2.75) is 25.6 Å². The molecule has 4 heterocycles. The van der Waals surface area contributed by atoms with Gasteiger partial charge in [-0.05, 0) is 53.6 Å². The van der Waals surface area contributed by atoms with E-state index in [1.165, 1.54) is 19.5 Å². The van der Waals surface area contributed by atoms with Crippen LogP contribution in [0.1, 0.15) is 33.0 Å². The highest BCUT2D eigenvalue weighted by Gasteiger charge is 2.26. The number of amides is 1. The second kappa shape index (κ2) is 17.1. The molecule has 7 rings (SSSR count). The van der Waals surface area contributed by atoms with Crippen LogP contribution >= 0.6 is 11.6 Å². The molecule has 3 aromatic carbocycles. The Balaban J connectivity index is 1.07. The van der Waals surface area contributed by atoms with E-state index in [0.29, 0.717) is 54.8 Å². The molecule has 284 valence electrons. The van der Waals surface area contributed by atoms with Gasteiger partial charge in [0.05, 0.1) is 36.3 Å². The minimum Gasteiger partial charge on any atom is -0.492 e. The number of hydrogen-bond donors (Lipinski definition) is 5. The molecule has 0 aliphatic carbocycles. The van der Waals surface area contributed by atoms with Crippen molar-refractivity contribution in [1.29, 1.82) is 5.26 Å². The number of halogens is 1. The van der Waals surface area contributed by atoms with Crippen LogP contribution in [0.4, 0.5) is 23.5 Å². The van der Waals surface area contributed by atoms with E-state index in [-0.39, 0.29) is 48.3 Å². The number of methoxy groups -OCH3 is 1. The molecule has 3 aromatic heterocycles. The molecule has 1 saturated heterocycles. The highest BCUT2D eigenvalue weighted by molar-refractivity contribution is 6.31. The number of ether oxygens (including phenoxy) is 1. The highest BCUT2D eigenvalue weighted by Crippen LogP contribution is 2.22. The van der Waals surface area contributed by atoms with Gasteiger partial charge in [0.1, 0.15) is 11.9 Å². The standard InChI is InChI=1S/C38H36ClN13O4/c1-56-35(55)30(18-23-5-7-24(20-40)8-6-23)47-38-49-36(43-21-31-45-28-10-9-26(39)19-29(28)46-31)48-37(50-38)44-27-4-2-3-25(17-27)22-51-13-15-52(16-14-51)34(54)32-33(53)42-12-11-41-32/h2-12,17,19,30H,13-16,18,21-22H2,1H3,(H,42,53)(H,45,46)(H3,43,44,47,48,49,50)/t30-/m0/s1. The van der Waals surface area contributed by atoms with Gasteiger partial charge in [0.2, 0.25) is 23.7 Å². The minimum absolute atomic E-state index is 0.0539. The molecular formula is C38H36ClN13O4. The summed E-state index contributed by atoms with van der Waals surface area (Å²) >= 11 is 6.16. The lowest BCUT2D eigenvalue weighted by atomic mass is 10.0. The van der Waals surface area contributed by atoms with E-state index in [1.807, 2.05) is 30.3 Å². The molecule has 0 unspecified atom stereocenters. The Kier molecular flexibility index (Phi) is 11.4. The fourth-order valence-electron chi connectivity index (χ4n) is 6.17. The molecule has 1 atom stereocenters. The lowest BCUT2D eigenvalue weighted by molar-refractivity contribution is -0.141. The summed E-state index contributed by atoms with van der Waals surface area (Å²) in [7, 11) is 1.31. The van der Waals surface area contributed by atoms with Crippen LogP contribution in [0.5, 0.6) is 5.88 Å². The molecule has 1 amide bonds. The Hall–Kier alpha value is -6.90. The third kappa shape index (κ3) is 9.24. The lowest BCUT2D eigenvalue weighted by Crippen LogP contribution is -2.48. The van der Waals surface area contributed by atoms with E-state index >= 15 is 0 Å². The Morgan fingerprint density at radius 3 is 2.48 bits per heavy atom. The first-order valence-corrected chi connectivity index (χ1v) is 18.0. The van der Waals surface area contributed by atoms with Crippen molar-refractivity contribution < 1.29 is 19.4 Å². The molecule has 1 aliphatic heterocycles. The number of nitrogens with one attached hydrogen (secondary N) is 4. The van der Waals surface area contributed by atoms with E-state index in [0.717, 1.165) is 22.2 Å². The maximum Gasteiger partial charge on any atom is 0.328 e. The van der Waals surface area contributed by atoms with Crippen molar-refractivity contribution in [3.63, 3.8) is 0 Å².